The van der Waals surface area contributed by atoms with Crippen LogP contribution in [0.5, 0.6) is 0 Å². The summed E-state index contributed by atoms with van der Waals surface area (Å²) in [5.41, 5.74) is 5.61. The van der Waals surface area contributed by atoms with Gasteiger partial charge < -0.3 is 20.9 Å². The van der Waals surface area contributed by atoms with Crippen molar-refractivity contribution in [2.75, 3.05) is 52.9 Å². The fourth-order valence-corrected chi connectivity index (χ4v) is 2.15. The van der Waals surface area contributed by atoms with Crippen LogP contribution in [0.15, 0.2) is 4.99 Å². The monoisotopic (exact) mass is 241 g/mol. The molecule has 5 heteroatoms. The topological polar surface area (TPSA) is 56.9 Å². The van der Waals surface area contributed by atoms with Crippen molar-refractivity contribution >= 4 is 5.96 Å². The summed E-state index contributed by atoms with van der Waals surface area (Å²) in [5.74, 6) is 1.14. The minimum Gasteiger partial charge on any atom is -0.370 e. The third kappa shape index (κ3) is 5.37. The van der Waals surface area contributed by atoms with Gasteiger partial charge in [-0.05, 0) is 12.5 Å². The summed E-state index contributed by atoms with van der Waals surface area (Å²) in [6, 6.07) is 0. The van der Waals surface area contributed by atoms with E-state index in [1.54, 1.807) is 7.05 Å². The fraction of sp³-hybridized carbons (Fsp3) is 0.917. The Morgan fingerprint density at radius 1 is 1.29 bits per heavy atom. The van der Waals surface area contributed by atoms with Crippen LogP contribution in [0.4, 0.5) is 0 Å². The van der Waals surface area contributed by atoms with Crippen LogP contribution in [0.25, 0.3) is 0 Å². The largest absolute Gasteiger partial charge is 0.370 e. The highest BCUT2D eigenvalue weighted by Gasteiger charge is 2.17. The molecule has 1 unspecified atom stereocenters. The minimum absolute atomic E-state index is 0.535. The number of aliphatic imine (C=N–C) groups is 1. The third-order valence-electron chi connectivity index (χ3n) is 3.35. The standard InChI is InChI=1S/C12H27N5/c1-4-16-5-7-17(8-6-16)10-11(2)9-15-12(13)14-3/h11H,4-10H2,1-3H3,(H3,13,14,15). The van der Waals surface area contributed by atoms with Crippen molar-refractivity contribution in [3.63, 3.8) is 0 Å². The summed E-state index contributed by atoms with van der Waals surface area (Å²) in [7, 11) is 1.71. The van der Waals surface area contributed by atoms with E-state index >= 15 is 0 Å². The Bertz CT molecular complexity index is 233. The maximum absolute atomic E-state index is 5.61. The van der Waals surface area contributed by atoms with Crippen LogP contribution < -0.4 is 11.1 Å². The first kappa shape index (κ1) is 14.3. The van der Waals surface area contributed by atoms with Crippen molar-refractivity contribution in [1.82, 2.24) is 15.1 Å². The maximum Gasteiger partial charge on any atom is 0.188 e. The molecule has 17 heavy (non-hydrogen) atoms. The van der Waals surface area contributed by atoms with Gasteiger partial charge in [0.15, 0.2) is 5.96 Å². The highest BCUT2D eigenvalue weighted by Crippen LogP contribution is 2.04. The van der Waals surface area contributed by atoms with Crippen molar-refractivity contribution in [2.24, 2.45) is 16.6 Å². The molecule has 0 radical (unpaired) electrons. The zero-order chi connectivity index (χ0) is 12.7. The molecule has 5 nitrogen and oxygen atoms in total. The lowest BCUT2D eigenvalue weighted by Gasteiger charge is -2.35. The average Bonchev–Trinajstić information content (AvgIpc) is 2.36. The first-order valence-corrected chi connectivity index (χ1v) is 6.56. The van der Waals surface area contributed by atoms with Crippen LogP contribution in [0.2, 0.25) is 0 Å². The van der Waals surface area contributed by atoms with Crippen molar-refractivity contribution in [3.05, 3.63) is 0 Å². The lowest BCUT2D eigenvalue weighted by atomic mass is 10.1. The Kier molecular flexibility index (Phi) is 6.29. The summed E-state index contributed by atoms with van der Waals surface area (Å²) < 4.78 is 0. The van der Waals surface area contributed by atoms with Crippen LogP contribution in [0.1, 0.15) is 13.8 Å². The number of guanidine groups is 1. The van der Waals surface area contributed by atoms with Gasteiger partial charge in [0, 0.05) is 46.3 Å². The van der Waals surface area contributed by atoms with Gasteiger partial charge in [-0.25, -0.2) is 0 Å². The molecule has 0 aliphatic carbocycles. The van der Waals surface area contributed by atoms with Crippen LogP contribution in [-0.4, -0.2) is 68.6 Å². The summed E-state index contributed by atoms with van der Waals surface area (Å²) in [6.45, 7) is 12.5. The fourth-order valence-electron chi connectivity index (χ4n) is 2.15. The highest BCUT2D eigenvalue weighted by molar-refractivity contribution is 5.77. The van der Waals surface area contributed by atoms with Gasteiger partial charge >= 0.3 is 0 Å². The van der Waals surface area contributed by atoms with Crippen LogP contribution in [0.3, 0.4) is 0 Å². The summed E-state index contributed by atoms with van der Waals surface area (Å²) in [4.78, 5) is 8.93. The van der Waals surface area contributed by atoms with E-state index in [1.165, 1.54) is 32.7 Å². The van der Waals surface area contributed by atoms with Crippen LogP contribution in [-0.2, 0) is 0 Å². The molecule has 0 spiro atoms. The van der Waals surface area contributed by atoms with Gasteiger partial charge in [-0.1, -0.05) is 13.8 Å². The average molecular weight is 241 g/mol. The van der Waals surface area contributed by atoms with E-state index in [0.717, 1.165) is 13.1 Å². The summed E-state index contributed by atoms with van der Waals surface area (Å²) in [6.07, 6.45) is 0. The Balaban J connectivity index is 2.16. The number of nitrogens with two attached hydrogens (primary N) is 1. The molecule has 0 aromatic heterocycles. The van der Waals surface area contributed by atoms with Gasteiger partial charge in [0.05, 0.1) is 0 Å². The van der Waals surface area contributed by atoms with Gasteiger partial charge in [-0.15, -0.1) is 0 Å². The Morgan fingerprint density at radius 2 is 1.88 bits per heavy atom. The third-order valence-corrected chi connectivity index (χ3v) is 3.35. The number of piperazine rings is 1. The van der Waals surface area contributed by atoms with Crippen LogP contribution in [0, 0.1) is 5.92 Å². The SMILES string of the molecule is CCN1CCN(CC(C)CNC(N)=NC)CC1. The molecule has 1 aliphatic rings. The normalized spacial score (nSPS) is 21.5. The molecule has 100 valence electrons. The van der Waals surface area contributed by atoms with Crippen molar-refractivity contribution in [1.29, 1.82) is 0 Å². The Hall–Kier alpha value is -0.810. The van der Waals surface area contributed by atoms with E-state index in [1.807, 2.05) is 0 Å². The second-order valence-electron chi connectivity index (χ2n) is 4.83. The molecule has 1 rings (SSSR count). The molecule has 1 heterocycles. The van der Waals surface area contributed by atoms with Crippen LogP contribution >= 0.6 is 0 Å². The first-order chi connectivity index (χ1) is 8.15. The Morgan fingerprint density at radius 3 is 2.41 bits per heavy atom. The summed E-state index contributed by atoms with van der Waals surface area (Å²) >= 11 is 0. The Labute approximate surface area is 105 Å². The molecule has 1 atom stereocenters. The number of hydrogen-bond donors (Lipinski definition) is 2. The van der Waals surface area contributed by atoms with E-state index in [9.17, 15) is 0 Å². The molecule has 3 N–H and O–H groups in total. The zero-order valence-electron chi connectivity index (χ0n) is 11.4. The highest BCUT2D eigenvalue weighted by atomic mass is 15.3. The lowest BCUT2D eigenvalue weighted by Crippen LogP contribution is -2.48. The predicted molar refractivity (Wildman–Crippen MR) is 73.3 cm³/mol. The second kappa shape index (κ2) is 7.50. The van der Waals surface area contributed by atoms with E-state index in [2.05, 4.69) is 34.0 Å². The van der Waals surface area contributed by atoms with Gasteiger partial charge in [-0.2, -0.15) is 0 Å². The number of nitrogens with zero attached hydrogens (tertiary/aromatic N) is 3. The number of rotatable bonds is 5. The minimum atomic E-state index is 0.535. The first-order valence-electron chi connectivity index (χ1n) is 6.56. The van der Waals surface area contributed by atoms with E-state index in [-0.39, 0.29) is 0 Å². The molecule has 0 saturated carbocycles. The quantitative estimate of drug-likeness (QED) is 0.517. The van der Waals surface area contributed by atoms with E-state index < -0.39 is 0 Å². The van der Waals surface area contributed by atoms with Gasteiger partial charge in [-0.3, -0.25) is 4.99 Å². The van der Waals surface area contributed by atoms with Crippen molar-refractivity contribution in [3.8, 4) is 0 Å². The summed E-state index contributed by atoms with van der Waals surface area (Å²) in [5, 5.41) is 3.13. The van der Waals surface area contributed by atoms with Crippen molar-refractivity contribution < 1.29 is 0 Å². The van der Waals surface area contributed by atoms with E-state index in [0.29, 0.717) is 11.9 Å². The zero-order valence-corrected chi connectivity index (χ0v) is 11.4. The maximum atomic E-state index is 5.61. The predicted octanol–water partition coefficient (Wildman–Crippen LogP) is -0.206. The molecule has 0 amide bonds. The lowest BCUT2D eigenvalue weighted by molar-refractivity contribution is 0.124. The molecule has 1 saturated heterocycles. The number of likely N-dealkylation sites (N-methyl/N-ethyl adjacent to an activating group) is 1. The molecule has 0 bridgehead atoms. The van der Waals surface area contributed by atoms with Gasteiger partial charge in [0.25, 0.3) is 0 Å². The molecule has 1 fully saturated rings. The number of nitrogens with one attached hydrogen (secondary N) is 1. The molecular formula is C12H27N5. The molecule has 0 aromatic carbocycles. The molecular weight excluding hydrogens is 214 g/mol. The van der Waals surface area contributed by atoms with E-state index in [4.69, 9.17) is 5.73 Å². The van der Waals surface area contributed by atoms with Gasteiger partial charge in [0.2, 0.25) is 0 Å². The second-order valence-corrected chi connectivity index (χ2v) is 4.83. The molecule has 1 aliphatic heterocycles. The number of hydrogen-bond acceptors (Lipinski definition) is 3. The molecule has 0 aromatic rings. The van der Waals surface area contributed by atoms with Crippen molar-refractivity contribution in [2.45, 2.75) is 13.8 Å². The van der Waals surface area contributed by atoms with Gasteiger partial charge in [0.1, 0.15) is 0 Å². The smallest absolute Gasteiger partial charge is 0.188 e.